The number of nitrogens with zero attached hydrogens (tertiary/aromatic N) is 3. The van der Waals surface area contributed by atoms with Crippen molar-refractivity contribution in [3.63, 3.8) is 0 Å². The fraction of sp³-hybridized carbons (Fsp3) is 0.273. The average Bonchev–Trinajstić information content (AvgIpc) is 2.65. The molecule has 0 amide bonds. The minimum absolute atomic E-state index is 0.567. The van der Waals surface area contributed by atoms with Crippen LogP contribution in [-0.2, 0) is 0 Å². The Kier molecular flexibility index (Phi) is 2.41. The van der Waals surface area contributed by atoms with Crippen LogP contribution in [0.5, 0.6) is 0 Å². The highest BCUT2D eigenvalue weighted by Crippen LogP contribution is 2.20. The van der Waals surface area contributed by atoms with Crippen LogP contribution in [0.3, 0.4) is 0 Å². The van der Waals surface area contributed by atoms with E-state index in [4.69, 9.17) is 4.52 Å². The lowest BCUT2D eigenvalue weighted by Crippen LogP contribution is -2.07. The second-order valence-electron chi connectivity index (χ2n) is 3.59. The van der Waals surface area contributed by atoms with E-state index in [9.17, 15) is 0 Å². The monoisotopic (exact) mass is 203 g/mol. The molecule has 15 heavy (non-hydrogen) atoms. The molecular weight excluding hydrogens is 190 g/mol. The van der Waals surface area contributed by atoms with Crippen LogP contribution in [0.1, 0.15) is 5.82 Å². The van der Waals surface area contributed by atoms with Gasteiger partial charge in [0.1, 0.15) is 0 Å². The van der Waals surface area contributed by atoms with E-state index in [0.717, 1.165) is 11.3 Å². The Bertz CT molecular complexity index is 445. The van der Waals surface area contributed by atoms with Crippen LogP contribution >= 0.6 is 0 Å². The average molecular weight is 203 g/mol. The Labute approximate surface area is 88.5 Å². The summed E-state index contributed by atoms with van der Waals surface area (Å²) in [4.78, 5) is 6.21. The maximum Gasteiger partial charge on any atom is 0.257 e. The molecule has 0 atom stereocenters. The molecule has 4 nitrogen and oxygen atoms in total. The van der Waals surface area contributed by atoms with Crippen molar-refractivity contribution < 1.29 is 4.52 Å². The molecule has 0 aliphatic carbocycles. The topological polar surface area (TPSA) is 42.2 Å². The second kappa shape index (κ2) is 3.73. The summed E-state index contributed by atoms with van der Waals surface area (Å²) in [6, 6.07) is 7.99. The molecule has 0 saturated heterocycles. The predicted molar refractivity (Wildman–Crippen MR) is 58.8 cm³/mol. The van der Waals surface area contributed by atoms with Crippen molar-refractivity contribution in [2.75, 3.05) is 19.0 Å². The van der Waals surface area contributed by atoms with Gasteiger partial charge in [-0.2, -0.15) is 4.98 Å². The summed E-state index contributed by atoms with van der Waals surface area (Å²) in [5.41, 5.74) is 2.09. The van der Waals surface area contributed by atoms with Crippen molar-refractivity contribution in [3.8, 4) is 11.5 Å². The number of hydrogen-bond donors (Lipinski definition) is 0. The molecule has 0 radical (unpaired) electrons. The maximum atomic E-state index is 5.08. The molecule has 2 aromatic rings. The number of aromatic nitrogens is 2. The van der Waals surface area contributed by atoms with E-state index in [0.29, 0.717) is 11.7 Å². The van der Waals surface area contributed by atoms with E-state index in [2.05, 4.69) is 10.1 Å². The van der Waals surface area contributed by atoms with Crippen molar-refractivity contribution >= 4 is 5.69 Å². The van der Waals surface area contributed by atoms with Crippen LogP contribution in [0.25, 0.3) is 11.5 Å². The fourth-order valence-electron chi connectivity index (χ4n) is 1.32. The van der Waals surface area contributed by atoms with Gasteiger partial charge in [0, 0.05) is 25.3 Å². The molecule has 0 fully saturated rings. The third kappa shape index (κ3) is 1.98. The van der Waals surface area contributed by atoms with Crippen molar-refractivity contribution in [2.45, 2.75) is 6.92 Å². The van der Waals surface area contributed by atoms with Gasteiger partial charge in [-0.15, -0.1) is 0 Å². The molecule has 0 N–H and O–H groups in total. The Hall–Kier alpha value is -1.84. The molecule has 0 aliphatic rings. The van der Waals surface area contributed by atoms with E-state index in [1.165, 1.54) is 0 Å². The molecule has 0 unspecified atom stereocenters. The highest BCUT2D eigenvalue weighted by molar-refractivity contribution is 5.58. The van der Waals surface area contributed by atoms with Crippen LogP contribution in [0.15, 0.2) is 28.8 Å². The Balaban J connectivity index is 2.31. The zero-order chi connectivity index (χ0) is 10.8. The first-order chi connectivity index (χ1) is 7.16. The molecule has 1 aromatic heterocycles. The van der Waals surface area contributed by atoms with Gasteiger partial charge in [-0.1, -0.05) is 5.16 Å². The Morgan fingerprint density at radius 1 is 1.13 bits per heavy atom. The normalized spacial score (nSPS) is 10.3. The van der Waals surface area contributed by atoms with Crippen LogP contribution in [0.4, 0.5) is 5.69 Å². The second-order valence-corrected chi connectivity index (χ2v) is 3.59. The number of aryl methyl sites for hydroxylation is 1. The molecule has 2 rings (SSSR count). The molecule has 1 aromatic carbocycles. The van der Waals surface area contributed by atoms with Gasteiger partial charge in [0.05, 0.1) is 0 Å². The zero-order valence-electron chi connectivity index (χ0n) is 9.06. The van der Waals surface area contributed by atoms with Gasteiger partial charge in [-0.05, 0) is 31.2 Å². The molecule has 0 aliphatic heterocycles. The SMILES string of the molecule is Cc1noc(-c2ccc(N(C)C)cc2)n1. The third-order valence-corrected chi connectivity index (χ3v) is 2.16. The molecule has 0 spiro atoms. The standard InChI is InChI=1S/C11H13N3O/c1-8-12-11(15-13-8)9-4-6-10(7-5-9)14(2)3/h4-7H,1-3H3. The van der Waals surface area contributed by atoms with Gasteiger partial charge >= 0.3 is 0 Å². The quantitative estimate of drug-likeness (QED) is 0.749. The third-order valence-electron chi connectivity index (χ3n) is 2.16. The molecule has 78 valence electrons. The van der Waals surface area contributed by atoms with E-state index >= 15 is 0 Å². The number of benzene rings is 1. The summed E-state index contributed by atoms with van der Waals surface area (Å²) in [5, 5.41) is 3.75. The minimum Gasteiger partial charge on any atom is -0.378 e. The Morgan fingerprint density at radius 3 is 2.27 bits per heavy atom. The van der Waals surface area contributed by atoms with Crippen molar-refractivity contribution in [1.29, 1.82) is 0 Å². The lowest BCUT2D eigenvalue weighted by molar-refractivity contribution is 0.425. The summed E-state index contributed by atoms with van der Waals surface area (Å²) in [5.74, 6) is 1.22. The first-order valence-corrected chi connectivity index (χ1v) is 4.75. The lowest BCUT2D eigenvalue weighted by Gasteiger charge is -2.11. The van der Waals surface area contributed by atoms with Crippen molar-refractivity contribution in [2.24, 2.45) is 0 Å². The van der Waals surface area contributed by atoms with Gasteiger partial charge in [-0.25, -0.2) is 0 Å². The van der Waals surface area contributed by atoms with E-state index in [1.54, 1.807) is 6.92 Å². The minimum atomic E-state index is 0.567. The van der Waals surface area contributed by atoms with Gasteiger partial charge in [0.25, 0.3) is 5.89 Å². The van der Waals surface area contributed by atoms with E-state index in [1.807, 2.05) is 43.3 Å². The zero-order valence-corrected chi connectivity index (χ0v) is 9.06. The van der Waals surface area contributed by atoms with Crippen LogP contribution in [-0.4, -0.2) is 24.2 Å². The first kappa shape index (κ1) is 9.71. The fourth-order valence-corrected chi connectivity index (χ4v) is 1.32. The number of hydrogen-bond acceptors (Lipinski definition) is 4. The van der Waals surface area contributed by atoms with Crippen LogP contribution < -0.4 is 4.90 Å². The van der Waals surface area contributed by atoms with E-state index in [-0.39, 0.29) is 0 Å². The predicted octanol–water partition coefficient (Wildman–Crippen LogP) is 2.11. The Morgan fingerprint density at radius 2 is 1.80 bits per heavy atom. The van der Waals surface area contributed by atoms with Gasteiger partial charge in [-0.3, -0.25) is 0 Å². The van der Waals surface area contributed by atoms with Gasteiger partial charge in [0.2, 0.25) is 0 Å². The molecule has 1 heterocycles. The summed E-state index contributed by atoms with van der Waals surface area (Å²) in [6.07, 6.45) is 0. The molecule has 0 saturated carbocycles. The largest absolute Gasteiger partial charge is 0.378 e. The summed E-state index contributed by atoms with van der Waals surface area (Å²) < 4.78 is 5.08. The van der Waals surface area contributed by atoms with Crippen molar-refractivity contribution in [1.82, 2.24) is 10.1 Å². The molecule has 4 heteroatoms. The first-order valence-electron chi connectivity index (χ1n) is 4.75. The van der Waals surface area contributed by atoms with Crippen LogP contribution in [0.2, 0.25) is 0 Å². The van der Waals surface area contributed by atoms with Crippen molar-refractivity contribution in [3.05, 3.63) is 30.1 Å². The maximum absolute atomic E-state index is 5.08. The van der Waals surface area contributed by atoms with Gasteiger partial charge in [0.15, 0.2) is 5.82 Å². The van der Waals surface area contributed by atoms with Crippen LogP contribution in [0, 0.1) is 6.92 Å². The highest BCUT2D eigenvalue weighted by atomic mass is 16.5. The lowest BCUT2D eigenvalue weighted by atomic mass is 10.2. The van der Waals surface area contributed by atoms with E-state index < -0.39 is 0 Å². The summed E-state index contributed by atoms with van der Waals surface area (Å²) >= 11 is 0. The number of rotatable bonds is 2. The molecule has 0 bridgehead atoms. The van der Waals surface area contributed by atoms with Gasteiger partial charge < -0.3 is 9.42 Å². The number of anilines is 1. The summed E-state index contributed by atoms with van der Waals surface area (Å²) in [6.45, 7) is 1.81. The highest BCUT2D eigenvalue weighted by Gasteiger charge is 2.05. The molecular formula is C11H13N3O. The summed E-state index contributed by atoms with van der Waals surface area (Å²) in [7, 11) is 4.01. The smallest absolute Gasteiger partial charge is 0.257 e.